The summed E-state index contributed by atoms with van der Waals surface area (Å²) in [5, 5.41) is 49.1. The first-order chi connectivity index (χ1) is 21.7. The Morgan fingerprint density at radius 1 is 0.978 bits per heavy atom. The molecular formula is C31H45ClFN5O7. The number of aromatic nitrogens is 2. The number of nitrogens with zero attached hydrogens (tertiary/aromatic N) is 5. The predicted octanol–water partition coefficient (Wildman–Crippen LogP) is 1.03. The number of aliphatic hydroxyl groups excluding tert-OH is 5. The van der Waals surface area contributed by atoms with Crippen LogP contribution in [0.3, 0.4) is 0 Å². The zero-order valence-electron chi connectivity index (χ0n) is 25.4. The first-order valence-corrected chi connectivity index (χ1v) is 16.0. The van der Waals surface area contributed by atoms with E-state index in [1.807, 2.05) is 9.80 Å². The number of piperazine rings is 1. The van der Waals surface area contributed by atoms with Crippen LogP contribution in [-0.2, 0) is 4.79 Å². The van der Waals surface area contributed by atoms with Crippen LogP contribution in [0.5, 0.6) is 5.75 Å². The van der Waals surface area contributed by atoms with E-state index in [0.717, 1.165) is 51.1 Å². The number of aliphatic hydroxyl groups is 5. The molecule has 1 aromatic carbocycles. The zero-order chi connectivity index (χ0) is 32.3. The number of carbonyl (C=O) groups excluding carboxylic acids is 1. The summed E-state index contributed by atoms with van der Waals surface area (Å²) in [4.78, 5) is 26.5. The van der Waals surface area contributed by atoms with Crippen molar-refractivity contribution in [1.29, 1.82) is 0 Å². The molecule has 0 bridgehead atoms. The van der Waals surface area contributed by atoms with Crippen molar-refractivity contribution in [3.05, 3.63) is 47.0 Å². The second-order valence-corrected chi connectivity index (χ2v) is 12.3. The predicted molar refractivity (Wildman–Crippen MR) is 166 cm³/mol. The van der Waals surface area contributed by atoms with Crippen LogP contribution in [-0.4, -0.2) is 135 Å². The van der Waals surface area contributed by atoms with Gasteiger partial charge in [0.25, 0.3) is 0 Å². The Morgan fingerprint density at radius 3 is 2.27 bits per heavy atom. The highest BCUT2D eigenvalue weighted by molar-refractivity contribution is 6.30. The first-order valence-electron chi connectivity index (χ1n) is 15.6. The summed E-state index contributed by atoms with van der Waals surface area (Å²) < 4.78 is 20.9. The molecule has 0 spiro atoms. The lowest BCUT2D eigenvalue weighted by molar-refractivity contribution is -0.122. The molecule has 0 amide bonds. The summed E-state index contributed by atoms with van der Waals surface area (Å²) in [7, 11) is 0. The van der Waals surface area contributed by atoms with Crippen molar-refractivity contribution in [3.63, 3.8) is 0 Å². The van der Waals surface area contributed by atoms with E-state index in [4.69, 9.17) is 21.4 Å². The molecule has 2 aliphatic rings. The maximum Gasteiger partial charge on any atom is 0.225 e. The average Bonchev–Trinajstić information content (AvgIpc) is 3.06. The molecule has 2 aromatic rings. The van der Waals surface area contributed by atoms with Gasteiger partial charge in [-0.15, -0.1) is 0 Å². The van der Waals surface area contributed by atoms with E-state index in [-0.39, 0.29) is 12.1 Å². The van der Waals surface area contributed by atoms with Crippen LogP contribution in [0.2, 0.25) is 5.02 Å². The zero-order valence-corrected chi connectivity index (χ0v) is 26.1. The van der Waals surface area contributed by atoms with Gasteiger partial charge in [0.2, 0.25) is 5.95 Å². The number of hydrogen-bond acceptors (Lipinski definition) is 12. The number of hydrogen-bond donors (Lipinski definition) is 5. The Kier molecular flexibility index (Phi) is 13.7. The summed E-state index contributed by atoms with van der Waals surface area (Å²) in [6, 6.07) is 3.81. The Morgan fingerprint density at radius 2 is 1.64 bits per heavy atom. The number of aldehydes is 1. The van der Waals surface area contributed by atoms with Crippen molar-refractivity contribution in [2.45, 2.75) is 62.6 Å². The molecule has 2 aliphatic heterocycles. The Hall–Kier alpha value is -2.49. The molecule has 14 heteroatoms. The van der Waals surface area contributed by atoms with E-state index in [0.29, 0.717) is 55.8 Å². The van der Waals surface area contributed by atoms with Crippen LogP contribution in [0.1, 0.15) is 43.7 Å². The summed E-state index contributed by atoms with van der Waals surface area (Å²) in [6.45, 7) is 3.30. The monoisotopic (exact) mass is 653 g/mol. The number of anilines is 1. The van der Waals surface area contributed by atoms with Crippen molar-refractivity contribution in [2.75, 3.05) is 63.9 Å². The average molecular weight is 654 g/mol. The fourth-order valence-corrected chi connectivity index (χ4v) is 6.07. The fourth-order valence-electron chi connectivity index (χ4n) is 5.97. The third-order valence-corrected chi connectivity index (χ3v) is 8.97. The SMILES string of the molecule is O=CC(c1ccc(OCCCCC2CCN(c3ncc(Cl)cn3)CC2)cc1F)N1CCN(C[C@H](O)[C@@H](O)[C@H](O)[C@H](O)CO)CC1. The molecule has 250 valence electrons. The largest absolute Gasteiger partial charge is 0.493 e. The normalized spacial score (nSPS) is 20.4. The molecule has 3 heterocycles. The summed E-state index contributed by atoms with van der Waals surface area (Å²) >= 11 is 5.88. The van der Waals surface area contributed by atoms with Gasteiger partial charge in [0.15, 0.2) is 0 Å². The quantitative estimate of drug-likeness (QED) is 0.129. The fraction of sp³-hybridized carbons (Fsp3) is 0.645. The van der Waals surface area contributed by atoms with E-state index < -0.39 is 42.9 Å². The van der Waals surface area contributed by atoms with Crippen LogP contribution in [0.15, 0.2) is 30.6 Å². The number of β-amino-alcohol motifs (C(OH)–C–C–N with tert-alkyl or cyclic N) is 1. The van der Waals surface area contributed by atoms with Gasteiger partial charge in [-0.2, -0.15) is 0 Å². The van der Waals surface area contributed by atoms with E-state index in [2.05, 4.69) is 14.9 Å². The molecule has 5 N–H and O–H groups in total. The van der Waals surface area contributed by atoms with Gasteiger partial charge in [-0.3, -0.25) is 9.80 Å². The highest BCUT2D eigenvalue weighted by atomic mass is 35.5. The standard InChI is InChI=1S/C31H45ClFN5O7/c32-22-16-34-31(35-17-22)38-8-6-21(7-9-38)3-1-2-14-45-23-4-5-24(25(33)15-23)26(19-39)37-12-10-36(11-13-37)18-27(41)29(43)30(44)28(42)20-40/h4-5,15-17,19,21,26-30,40-44H,1-3,6-14,18,20H2/t26?,27-,28+,29+,30+/m0/s1. The van der Waals surface area contributed by atoms with E-state index >= 15 is 4.39 Å². The Balaban J connectivity index is 1.15. The second-order valence-electron chi connectivity index (χ2n) is 11.9. The van der Waals surface area contributed by atoms with Crippen LogP contribution in [0.4, 0.5) is 10.3 Å². The van der Waals surface area contributed by atoms with E-state index in [1.165, 1.54) is 6.07 Å². The second kappa shape index (κ2) is 17.4. The van der Waals surface area contributed by atoms with Gasteiger partial charge in [0.1, 0.15) is 36.2 Å². The number of benzene rings is 1. The highest BCUT2D eigenvalue weighted by Gasteiger charge is 2.33. The number of unbranched alkanes of at least 4 members (excludes halogenated alkanes) is 1. The maximum absolute atomic E-state index is 15.1. The van der Waals surface area contributed by atoms with Crippen LogP contribution < -0.4 is 9.64 Å². The number of piperidine rings is 1. The van der Waals surface area contributed by atoms with Gasteiger partial charge < -0.3 is 40.0 Å². The topological polar surface area (TPSA) is 163 Å². The molecule has 0 saturated carbocycles. The van der Waals surface area contributed by atoms with Gasteiger partial charge in [-0.25, -0.2) is 14.4 Å². The minimum Gasteiger partial charge on any atom is -0.493 e. The molecule has 1 unspecified atom stereocenters. The molecule has 0 aliphatic carbocycles. The lowest BCUT2D eigenvalue weighted by Crippen LogP contribution is -2.54. The van der Waals surface area contributed by atoms with E-state index in [9.17, 15) is 25.2 Å². The third kappa shape index (κ3) is 10.00. The highest BCUT2D eigenvalue weighted by Crippen LogP contribution is 2.28. The van der Waals surface area contributed by atoms with Crippen molar-refractivity contribution < 1.29 is 39.5 Å². The van der Waals surface area contributed by atoms with Crippen molar-refractivity contribution in [3.8, 4) is 5.75 Å². The number of rotatable bonds is 16. The smallest absolute Gasteiger partial charge is 0.225 e. The van der Waals surface area contributed by atoms with Gasteiger partial charge in [0, 0.05) is 57.4 Å². The molecule has 5 atom stereocenters. The van der Waals surface area contributed by atoms with Crippen LogP contribution in [0.25, 0.3) is 0 Å². The maximum atomic E-state index is 15.1. The lowest BCUT2D eigenvalue weighted by atomic mass is 9.92. The van der Waals surface area contributed by atoms with Crippen molar-refractivity contribution in [2.24, 2.45) is 5.92 Å². The third-order valence-electron chi connectivity index (χ3n) is 8.77. The number of ether oxygens (including phenoxy) is 1. The van der Waals surface area contributed by atoms with Gasteiger partial charge in [-0.05, 0) is 37.7 Å². The molecule has 4 rings (SSSR count). The Labute approximate surface area is 268 Å². The molecule has 2 saturated heterocycles. The van der Waals surface area contributed by atoms with Crippen molar-refractivity contribution >= 4 is 23.8 Å². The van der Waals surface area contributed by atoms with Crippen molar-refractivity contribution in [1.82, 2.24) is 19.8 Å². The summed E-state index contributed by atoms with van der Waals surface area (Å²) in [6.07, 6.45) is 2.86. The molecule has 2 fully saturated rings. The molecule has 12 nitrogen and oxygen atoms in total. The molecule has 1 aromatic heterocycles. The molecule has 45 heavy (non-hydrogen) atoms. The minimum atomic E-state index is -1.69. The number of halogens is 2. The van der Waals surface area contributed by atoms with Crippen LogP contribution in [0, 0.1) is 11.7 Å². The first kappa shape index (κ1) is 35.4. The van der Waals surface area contributed by atoms with E-state index in [1.54, 1.807) is 24.5 Å². The van der Waals surface area contributed by atoms with Gasteiger partial charge >= 0.3 is 0 Å². The molecule has 0 radical (unpaired) electrons. The Bertz CT molecular complexity index is 1190. The summed E-state index contributed by atoms with van der Waals surface area (Å²) in [5.74, 6) is 1.26. The number of carbonyl (C=O) groups is 1. The summed E-state index contributed by atoms with van der Waals surface area (Å²) in [5.41, 5.74) is 0.262. The lowest BCUT2D eigenvalue weighted by Gasteiger charge is -2.39. The van der Waals surface area contributed by atoms with Gasteiger partial charge in [-0.1, -0.05) is 24.1 Å². The molecular weight excluding hydrogens is 609 g/mol. The van der Waals surface area contributed by atoms with Crippen LogP contribution >= 0.6 is 11.6 Å². The minimum absolute atomic E-state index is 0.0232. The van der Waals surface area contributed by atoms with Gasteiger partial charge in [0.05, 0.1) is 42.8 Å².